The monoisotopic (exact) mass is 416 g/mol. The van der Waals surface area contributed by atoms with Crippen molar-refractivity contribution >= 4 is 5.82 Å². The van der Waals surface area contributed by atoms with Crippen LogP contribution < -0.4 is 10.5 Å². The van der Waals surface area contributed by atoms with Crippen molar-refractivity contribution < 1.29 is 0 Å². The van der Waals surface area contributed by atoms with Crippen LogP contribution in [0.5, 0.6) is 0 Å². The number of hydrogen-bond acceptors (Lipinski definition) is 6. The lowest BCUT2D eigenvalue weighted by atomic mass is 9.83. The number of rotatable bonds is 5. The maximum absolute atomic E-state index is 13.3. The van der Waals surface area contributed by atoms with E-state index in [1.54, 1.807) is 6.20 Å². The fourth-order valence-electron chi connectivity index (χ4n) is 4.97. The highest BCUT2D eigenvalue weighted by Gasteiger charge is 2.35. The van der Waals surface area contributed by atoms with Gasteiger partial charge in [-0.2, -0.15) is 5.10 Å². The molecule has 2 aliphatic rings. The Morgan fingerprint density at radius 2 is 1.94 bits per heavy atom. The number of pyridine rings is 2. The molecule has 5 heterocycles. The van der Waals surface area contributed by atoms with Gasteiger partial charge in [-0.05, 0) is 56.6 Å². The molecule has 0 saturated carbocycles. The molecule has 0 aliphatic carbocycles. The van der Waals surface area contributed by atoms with Gasteiger partial charge in [0.1, 0.15) is 0 Å². The second kappa shape index (κ2) is 8.23. The van der Waals surface area contributed by atoms with Crippen LogP contribution >= 0.6 is 0 Å². The first-order valence-corrected chi connectivity index (χ1v) is 10.9. The SMILES string of the molecule is Cc1ccc(N2C[C@@H]3C[C@H](C2)c2ccc(CN(C)Cc4ccccn4)c(=O)n2C3)nn1. The Hall–Kier alpha value is -3.06. The Labute approximate surface area is 182 Å². The van der Waals surface area contributed by atoms with Crippen LogP contribution in [0.2, 0.25) is 0 Å². The van der Waals surface area contributed by atoms with Gasteiger partial charge in [0.05, 0.1) is 11.4 Å². The first-order chi connectivity index (χ1) is 15.1. The van der Waals surface area contributed by atoms with E-state index < -0.39 is 0 Å². The quantitative estimate of drug-likeness (QED) is 0.637. The van der Waals surface area contributed by atoms with Crippen molar-refractivity contribution in [1.82, 2.24) is 24.6 Å². The molecule has 5 rings (SSSR count). The predicted molar refractivity (Wildman–Crippen MR) is 120 cm³/mol. The van der Waals surface area contributed by atoms with Gasteiger partial charge in [-0.3, -0.25) is 14.7 Å². The molecule has 1 fully saturated rings. The number of piperidine rings is 1. The highest BCUT2D eigenvalue weighted by atomic mass is 16.1. The number of hydrogen-bond donors (Lipinski definition) is 0. The Morgan fingerprint density at radius 3 is 2.71 bits per heavy atom. The van der Waals surface area contributed by atoms with Crippen LogP contribution in [0, 0.1) is 12.8 Å². The van der Waals surface area contributed by atoms with Gasteiger partial charge in [-0.1, -0.05) is 12.1 Å². The minimum atomic E-state index is 0.156. The predicted octanol–water partition coefficient (Wildman–Crippen LogP) is 2.60. The summed E-state index contributed by atoms with van der Waals surface area (Å²) in [7, 11) is 2.04. The first-order valence-electron chi connectivity index (χ1n) is 10.9. The van der Waals surface area contributed by atoms with E-state index in [9.17, 15) is 4.79 Å². The van der Waals surface area contributed by atoms with E-state index >= 15 is 0 Å². The summed E-state index contributed by atoms with van der Waals surface area (Å²) in [5.41, 5.74) is 4.10. The number of fused-ring (bicyclic) bond motifs is 4. The number of aryl methyl sites for hydroxylation is 1. The van der Waals surface area contributed by atoms with Crippen LogP contribution in [0.3, 0.4) is 0 Å². The maximum atomic E-state index is 13.3. The molecule has 7 heteroatoms. The molecule has 31 heavy (non-hydrogen) atoms. The molecule has 2 bridgehead atoms. The van der Waals surface area contributed by atoms with Crippen LogP contribution in [-0.2, 0) is 19.6 Å². The first kappa shape index (κ1) is 19.9. The lowest BCUT2D eigenvalue weighted by molar-refractivity contribution is 0.275. The van der Waals surface area contributed by atoms with Gasteiger partial charge in [0, 0.05) is 56.1 Å². The molecule has 7 nitrogen and oxygen atoms in total. The molecule has 0 aromatic carbocycles. The zero-order valence-electron chi connectivity index (χ0n) is 18.1. The van der Waals surface area contributed by atoms with Crippen LogP contribution in [0.1, 0.15) is 35.0 Å². The molecule has 1 saturated heterocycles. The highest BCUT2D eigenvalue weighted by molar-refractivity contribution is 5.40. The lowest BCUT2D eigenvalue weighted by Gasteiger charge is -2.43. The lowest BCUT2D eigenvalue weighted by Crippen LogP contribution is -2.48. The third-order valence-electron chi connectivity index (χ3n) is 6.39. The normalized spacial score (nSPS) is 20.0. The molecule has 160 valence electrons. The second-order valence-electron chi connectivity index (χ2n) is 8.93. The maximum Gasteiger partial charge on any atom is 0.255 e. The molecule has 2 atom stereocenters. The average molecular weight is 417 g/mol. The summed E-state index contributed by atoms with van der Waals surface area (Å²) in [6.07, 6.45) is 2.94. The summed E-state index contributed by atoms with van der Waals surface area (Å²) in [6, 6.07) is 14.2. The minimum Gasteiger partial charge on any atom is -0.354 e. The standard InChI is InChI=1S/C24H28N6O/c1-17-6-9-23(27-26-17)29-12-18-11-20(15-29)22-8-7-19(24(31)30(22)13-18)14-28(2)16-21-5-3-4-10-25-21/h3-10,18,20H,11-16H2,1-2H3/t18-,20+/m0/s1. The van der Waals surface area contributed by atoms with Crippen molar-refractivity contribution in [2.24, 2.45) is 5.92 Å². The summed E-state index contributed by atoms with van der Waals surface area (Å²) in [5.74, 6) is 1.74. The molecule has 0 N–H and O–H groups in total. The third kappa shape index (κ3) is 4.10. The van der Waals surface area contributed by atoms with Crippen LogP contribution in [0.15, 0.2) is 53.5 Å². The minimum absolute atomic E-state index is 0.156. The average Bonchev–Trinajstić information content (AvgIpc) is 2.77. The summed E-state index contributed by atoms with van der Waals surface area (Å²) >= 11 is 0. The number of anilines is 1. The molecule has 3 aromatic rings. The van der Waals surface area contributed by atoms with Crippen LogP contribution in [0.25, 0.3) is 0 Å². The van der Waals surface area contributed by atoms with E-state index in [4.69, 9.17) is 0 Å². The second-order valence-corrected chi connectivity index (χ2v) is 8.93. The topological polar surface area (TPSA) is 67.2 Å². The highest BCUT2D eigenvalue weighted by Crippen LogP contribution is 2.36. The van der Waals surface area contributed by atoms with Crippen molar-refractivity contribution in [2.75, 3.05) is 25.0 Å². The van der Waals surface area contributed by atoms with E-state index in [0.29, 0.717) is 18.4 Å². The Balaban J connectivity index is 1.34. The van der Waals surface area contributed by atoms with Gasteiger partial charge < -0.3 is 9.47 Å². The molecule has 2 aliphatic heterocycles. The van der Waals surface area contributed by atoms with Crippen molar-refractivity contribution in [2.45, 2.75) is 38.9 Å². The Bertz CT molecular complexity index is 1110. The van der Waals surface area contributed by atoms with Crippen molar-refractivity contribution in [3.63, 3.8) is 0 Å². The van der Waals surface area contributed by atoms with E-state index in [-0.39, 0.29) is 5.56 Å². The molecule has 0 amide bonds. The van der Waals surface area contributed by atoms with Crippen molar-refractivity contribution in [3.8, 4) is 0 Å². The zero-order chi connectivity index (χ0) is 21.4. The van der Waals surface area contributed by atoms with Gasteiger partial charge in [0.15, 0.2) is 5.82 Å². The van der Waals surface area contributed by atoms with Crippen LogP contribution in [0.4, 0.5) is 5.82 Å². The molecule has 0 spiro atoms. The van der Waals surface area contributed by atoms with Crippen molar-refractivity contribution in [3.05, 3.63) is 81.7 Å². The van der Waals surface area contributed by atoms with Gasteiger partial charge in [0.2, 0.25) is 0 Å². The van der Waals surface area contributed by atoms with E-state index in [1.807, 2.05) is 48.9 Å². The fraction of sp³-hybridized carbons (Fsp3) is 0.417. The van der Waals surface area contributed by atoms with Gasteiger partial charge >= 0.3 is 0 Å². The van der Waals surface area contributed by atoms with Gasteiger partial charge in [-0.15, -0.1) is 5.10 Å². The van der Waals surface area contributed by atoms with Gasteiger partial charge in [0.25, 0.3) is 5.56 Å². The van der Waals surface area contributed by atoms with Gasteiger partial charge in [-0.25, -0.2) is 0 Å². The van der Waals surface area contributed by atoms with E-state index in [2.05, 4.69) is 37.1 Å². The molecule has 0 unspecified atom stereocenters. The Morgan fingerprint density at radius 1 is 1.03 bits per heavy atom. The third-order valence-corrected chi connectivity index (χ3v) is 6.39. The molecular formula is C24H28N6O. The fourth-order valence-corrected chi connectivity index (χ4v) is 4.97. The summed E-state index contributed by atoms with van der Waals surface area (Å²) in [4.78, 5) is 22.2. The Kier molecular flexibility index (Phi) is 5.28. The summed E-state index contributed by atoms with van der Waals surface area (Å²) in [6.45, 7) is 5.88. The summed E-state index contributed by atoms with van der Waals surface area (Å²) in [5, 5.41) is 8.60. The van der Waals surface area contributed by atoms with Crippen LogP contribution in [-0.4, -0.2) is 44.8 Å². The van der Waals surface area contributed by atoms with E-state index in [1.165, 1.54) is 0 Å². The van der Waals surface area contributed by atoms with Crippen molar-refractivity contribution in [1.29, 1.82) is 0 Å². The zero-order valence-corrected chi connectivity index (χ0v) is 18.1. The molecule has 3 aromatic heterocycles. The smallest absolute Gasteiger partial charge is 0.255 e. The molecular weight excluding hydrogens is 388 g/mol. The summed E-state index contributed by atoms with van der Waals surface area (Å²) < 4.78 is 2.03. The molecule has 0 radical (unpaired) electrons. The number of aromatic nitrogens is 4. The number of nitrogens with zero attached hydrogens (tertiary/aromatic N) is 6. The largest absolute Gasteiger partial charge is 0.354 e. The van der Waals surface area contributed by atoms with E-state index in [0.717, 1.165) is 61.1 Å².